The molecule has 2 heteroatoms. The second-order valence-corrected chi connectivity index (χ2v) is 13.3. The van der Waals surface area contributed by atoms with Crippen LogP contribution in [-0.4, -0.2) is 22.4 Å². The Morgan fingerprint density at radius 3 is 1.45 bits per heavy atom. The van der Waals surface area contributed by atoms with Crippen LogP contribution >= 0.6 is 0 Å². The van der Waals surface area contributed by atoms with E-state index >= 15 is 0 Å². The first-order valence-corrected chi connectivity index (χ1v) is 12.4. The summed E-state index contributed by atoms with van der Waals surface area (Å²) >= 11 is 0. The minimum absolute atomic E-state index is 0.0776. The maximum absolute atomic E-state index is 10.2. The van der Waals surface area contributed by atoms with Crippen molar-refractivity contribution in [2.45, 2.75) is 120 Å². The molecule has 2 aliphatic rings. The van der Waals surface area contributed by atoms with E-state index in [4.69, 9.17) is 0 Å². The maximum atomic E-state index is 10.2. The zero-order valence-electron chi connectivity index (χ0n) is 21.6. The minimum atomic E-state index is -0.0848. The van der Waals surface area contributed by atoms with Gasteiger partial charge in [-0.05, 0) is 84.4 Å². The number of aliphatic hydroxyl groups is 2. The van der Waals surface area contributed by atoms with Gasteiger partial charge in [-0.1, -0.05) is 76.2 Å². The van der Waals surface area contributed by atoms with E-state index in [0.29, 0.717) is 23.7 Å². The molecule has 8 atom stereocenters. The van der Waals surface area contributed by atoms with Gasteiger partial charge in [0, 0.05) is 0 Å². The summed E-state index contributed by atoms with van der Waals surface area (Å²) in [6.07, 6.45) is 5.54. The second-order valence-electron chi connectivity index (χ2n) is 13.3. The van der Waals surface area contributed by atoms with Crippen LogP contribution in [0, 0.1) is 52.3 Å². The van der Waals surface area contributed by atoms with E-state index in [9.17, 15) is 10.2 Å². The van der Waals surface area contributed by atoms with Gasteiger partial charge in [-0.2, -0.15) is 0 Å². The Labute approximate surface area is 183 Å². The van der Waals surface area contributed by atoms with Crippen LogP contribution in [0.25, 0.3) is 0 Å². The van der Waals surface area contributed by atoms with Gasteiger partial charge >= 0.3 is 0 Å². The molecule has 2 N–H and O–H groups in total. The van der Waals surface area contributed by atoms with Crippen molar-refractivity contribution in [3.8, 4) is 0 Å². The predicted molar refractivity (Wildman–Crippen MR) is 127 cm³/mol. The SMILES string of the molecule is CC(C)CC1CC(C(C)(C)C)C(O)CC1C.CC1CC(O)C(C(C)(C)C)CC1C. The van der Waals surface area contributed by atoms with Gasteiger partial charge in [-0.25, -0.2) is 0 Å². The Morgan fingerprint density at radius 1 is 0.655 bits per heavy atom. The van der Waals surface area contributed by atoms with Gasteiger partial charge in [0.25, 0.3) is 0 Å². The highest BCUT2D eigenvalue weighted by molar-refractivity contribution is 4.90. The van der Waals surface area contributed by atoms with Crippen LogP contribution < -0.4 is 0 Å². The van der Waals surface area contributed by atoms with Crippen molar-refractivity contribution >= 4 is 0 Å². The first kappa shape index (κ1) is 27.0. The Morgan fingerprint density at radius 2 is 1.03 bits per heavy atom. The number of aliphatic hydroxyl groups excluding tert-OH is 2. The van der Waals surface area contributed by atoms with Crippen LogP contribution in [0.3, 0.4) is 0 Å². The van der Waals surface area contributed by atoms with E-state index in [0.717, 1.165) is 30.6 Å². The lowest BCUT2D eigenvalue weighted by molar-refractivity contribution is -0.0335. The summed E-state index contributed by atoms with van der Waals surface area (Å²) in [4.78, 5) is 0. The highest BCUT2D eigenvalue weighted by Crippen LogP contribution is 2.45. The van der Waals surface area contributed by atoms with Gasteiger partial charge in [0.05, 0.1) is 12.2 Å². The van der Waals surface area contributed by atoms with Gasteiger partial charge < -0.3 is 10.2 Å². The zero-order chi connectivity index (χ0) is 22.7. The Hall–Kier alpha value is -0.0800. The van der Waals surface area contributed by atoms with Gasteiger partial charge in [0.15, 0.2) is 0 Å². The topological polar surface area (TPSA) is 40.5 Å². The smallest absolute Gasteiger partial charge is 0.0576 e. The summed E-state index contributed by atoms with van der Waals surface area (Å²) in [5.74, 6) is 4.71. The third-order valence-corrected chi connectivity index (χ3v) is 8.11. The third kappa shape index (κ3) is 8.17. The van der Waals surface area contributed by atoms with Crippen LogP contribution in [0.2, 0.25) is 0 Å². The van der Waals surface area contributed by atoms with E-state index in [2.05, 4.69) is 76.2 Å². The zero-order valence-corrected chi connectivity index (χ0v) is 21.6. The average molecular weight is 411 g/mol. The average Bonchev–Trinajstić information content (AvgIpc) is 2.51. The predicted octanol–water partition coefficient (Wildman–Crippen LogP) is 7.18. The van der Waals surface area contributed by atoms with Crippen molar-refractivity contribution in [2.24, 2.45) is 52.3 Å². The van der Waals surface area contributed by atoms with Crippen LogP contribution in [0.15, 0.2) is 0 Å². The molecule has 0 saturated heterocycles. The van der Waals surface area contributed by atoms with Gasteiger partial charge in [-0.3, -0.25) is 0 Å². The first-order valence-electron chi connectivity index (χ1n) is 12.4. The molecule has 2 saturated carbocycles. The lowest BCUT2D eigenvalue weighted by Crippen LogP contribution is -2.41. The standard InChI is InChI=1S/C15H30O.C12H24O/c1-10(2)7-12-9-13(15(4,5)6)14(16)8-11(12)3;1-8-6-10(12(3,4)5)11(13)7-9(8)2/h10-14,16H,7-9H2,1-6H3;8-11,13H,6-7H2,1-5H3. The summed E-state index contributed by atoms with van der Waals surface area (Å²) in [6, 6.07) is 0. The van der Waals surface area contributed by atoms with Crippen molar-refractivity contribution < 1.29 is 10.2 Å². The van der Waals surface area contributed by atoms with E-state index in [1.807, 2.05) is 0 Å². The molecule has 8 unspecified atom stereocenters. The fraction of sp³-hybridized carbons (Fsp3) is 1.00. The molecule has 2 nitrogen and oxygen atoms in total. The highest BCUT2D eigenvalue weighted by Gasteiger charge is 2.40. The lowest BCUT2D eigenvalue weighted by Gasteiger charge is -2.44. The van der Waals surface area contributed by atoms with Crippen LogP contribution in [0.5, 0.6) is 0 Å². The van der Waals surface area contributed by atoms with Crippen LogP contribution in [0.1, 0.15) is 108 Å². The number of hydrogen-bond donors (Lipinski definition) is 2. The molecule has 174 valence electrons. The molecule has 0 aromatic rings. The molecule has 2 fully saturated rings. The number of rotatable bonds is 2. The molecule has 0 bridgehead atoms. The van der Waals surface area contributed by atoms with Crippen molar-refractivity contribution in [1.82, 2.24) is 0 Å². The molecular weight excluding hydrogens is 356 g/mol. The summed E-state index contributed by atoms with van der Waals surface area (Å²) in [5, 5.41) is 20.2. The summed E-state index contributed by atoms with van der Waals surface area (Å²) in [7, 11) is 0. The third-order valence-electron chi connectivity index (χ3n) is 8.11. The largest absolute Gasteiger partial charge is 0.393 e. The van der Waals surface area contributed by atoms with Crippen LogP contribution in [-0.2, 0) is 0 Å². The van der Waals surface area contributed by atoms with Crippen molar-refractivity contribution in [1.29, 1.82) is 0 Å². The Bertz CT molecular complexity index is 470. The molecule has 0 spiro atoms. The molecule has 0 radical (unpaired) electrons. The molecule has 29 heavy (non-hydrogen) atoms. The molecule has 0 aliphatic heterocycles. The Kier molecular flexibility index (Phi) is 9.75. The fourth-order valence-electron chi connectivity index (χ4n) is 5.82. The summed E-state index contributed by atoms with van der Waals surface area (Å²) < 4.78 is 0. The van der Waals surface area contributed by atoms with Gasteiger partial charge in [0.2, 0.25) is 0 Å². The molecule has 2 aliphatic carbocycles. The lowest BCUT2D eigenvalue weighted by atomic mass is 9.63. The van der Waals surface area contributed by atoms with Crippen LogP contribution in [0.4, 0.5) is 0 Å². The number of hydrogen-bond acceptors (Lipinski definition) is 2. The maximum Gasteiger partial charge on any atom is 0.0576 e. The second kappa shape index (κ2) is 10.5. The molecule has 0 heterocycles. The first-order chi connectivity index (χ1) is 13.0. The van der Waals surface area contributed by atoms with E-state index in [1.165, 1.54) is 19.3 Å². The quantitative estimate of drug-likeness (QED) is 0.506. The summed E-state index contributed by atoms with van der Waals surface area (Å²) in [5.41, 5.74) is 0.503. The monoisotopic (exact) mass is 410 g/mol. The van der Waals surface area contributed by atoms with E-state index < -0.39 is 0 Å². The van der Waals surface area contributed by atoms with Crippen molar-refractivity contribution in [2.75, 3.05) is 0 Å². The minimum Gasteiger partial charge on any atom is -0.393 e. The van der Waals surface area contributed by atoms with Gasteiger partial charge in [0.1, 0.15) is 0 Å². The van der Waals surface area contributed by atoms with Crippen molar-refractivity contribution in [3.05, 3.63) is 0 Å². The molecule has 0 aromatic carbocycles. The molecule has 0 aromatic heterocycles. The van der Waals surface area contributed by atoms with E-state index in [1.54, 1.807) is 0 Å². The van der Waals surface area contributed by atoms with Gasteiger partial charge in [-0.15, -0.1) is 0 Å². The normalized spacial score (nSPS) is 39.1. The molecule has 2 rings (SSSR count). The van der Waals surface area contributed by atoms with E-state index in [-0.39, 0.29) is 23.0 Å². The Balaban J connectivity index is 0.000000296. The fourth-order valence-corrected chi connectivity index (χ4v) is 5.82. The molecular formula is C27H54O2. The highest BCUT2D eigenvalue weighted by atomic mass is 16.3. The summed E-state index contributed by atoms with van der Waals surface area (Å²) in [6.45, 7) is 25.0. The molecule has 0 amide bonds. The van der Waals surface area contributed by atoms with Crippen molar-refractivity contribution in [3.63, 3.8) is 0 Å².